The van der Waals surface area contributed by atoms with Gasteiger partial charge in [0, 0.05) is 32.0 Å². The lowest BCUT2D eigenvalue weighted by Crippen LogP contribution is -2.53. The third kappa shape index (κ3) is 5.40. The van der Waals surface area contributed by atoms with Crippen molar-refractivity contribution in [3.63, 3.8) is 0 Å². The Morgan fingerprint density at radius 3 is 2.59 bits per heavy atom. The molecule has 0 spiro atoms. The molecule has 3 unspecified atom stereocenters. The second-order valence-electron chi connectivity index (χ2n) is 12.6. The summed E-state index contributed by atoms with van der Waals surface area (Å²) in [5.74, 6) is 1.88. The van der Waals surface area contributed by atoms with Gasteiger partial charge in [0.2, 0.25) is 0 Å². The number of halogens is 3. The summed E-state index contributed by atoms with van der Waals surface area (Å²) in [5.41, 5.74) is 6.09. The van der Waals surface area contributed by atoms with Crippen LogP contribution in [0, 0.1) is 23.7 Å². The van der Waals surface area contributed by atoms with E-state index in [0.29, 0.717) is 42.3 Å². The van der Waals surface area contributed by atoms with Crippen molar-refractivity contribution in [1.29, 1.82) is 0 Å². The van der Waals surface area contributed by atoms with Crippen LogP contribution in [0.5, 0.6) is 0 Å². The van der Waals surface area contributed by atoms with E-state index in [4.69, 9.17) is 0 Å². The molecule has 39 heavy (non-hydrogen) atoms. The highest BCUT2D eigenvalue weighted by atomic mass is 19.4. The van der Waals surface area contributed by atoms with E-state index in [1.807, 2.05) is 0 Å². The maximum Gasteiger partial charge on any atom is 0.418 e. The molecule has 1 aliphatic carbocycles. The van der Waals surface area contributed by atoms with Crippen molar-refractivity contribution < 1.29 is 13.2 Å². The number of hydrogen-bond acceptors (Lipinski definition) is 6. The zero-order valence-corrected chi connectivity index (χ0v) is 23.0. The average molecular weight is 550 g/mol. The van der Waals surface area contributed by atoms with E-state index >= 15 is 0 Å². The molecule has 3 N–H and O–H groups in total. The van der Waals surface area contributed by atoms with Gasteiger partial charge in [-0.2, -0.15) is 13.2 Å². The van der Waals surface area contributed by atoms with E-state index in [2.05, 4.69) is 39.9 Å². The molecule has 1 saturated carbocycles. The fourth-order valence-corrected chi connectivity index (χ4v) is 7.58. The molecule has 2 aromatic heterocycles. The summed E-state index contributed by atoms with van der Waals surface area (Å²) < 4.78 is 45.6. The highest BCUT2D eigenvalue weighted by Crippen LogP contribution is 2.43. The minimum atomic E-state index is -4.54. The summed E-state index contributed by atoms with van der Waals surface area (Å²) in [5, 5.41) is 3.53. The van der Waals surface area contributed by atoms with E-state index in [9.17, 15) is 18.0 Å². The van der Waals surface area contributed by atoms with Gasteiger partial charge >= 0.3 is 11.9 Å². The Labute approximate surface area is 227 Å². The minimum absolute atomic E-state index is 0.0534. The Hall–Kier alpha value is -1.92. The van der Waals surface area contributed by atoms with Crippen LogP contribution in [-0.2, 0) is 12.7 Å². The summed E-state index contributed by atoms with van der Waals surface area (Å²) in [7, 11) is 2.11. The summed E-state index contributed by atoms with van der Waals surface area (Å²) in [6.07, 6.45) is 5.39. The summed E-state index contributed by atoms with van der Waals surface area (Å²) in [6.45, 7) is 6.56. The zero-order valence-electron chi connectivity index (χ0n) is 23.0. The normalized spacial score (nSPS) is 30.6. The number of nitrogens with one attached hydrogen (secondary N) is 3. The lowest BCUT2D eigenvalue weighted by Gasteiger charge is -2.46. The molecule has 0 amide bonds. The SMILES string of the molecule is C[C@H]1CCCN(Cc2cc(C(F)(F)F)c3cn(C4CNCC([C@@H](C5CCC5)C5NNCN5C)C4)c(=O)n3c2)C1. The van der Waals surface area contributed by atoms with Gasteiger partial charge in [0.25, 0.3) is 0 Å². The number of hydrazine groups is 1. The van der Waals surface area contributed by atoms with Crippen molar-refractivity contribution in [2.24, 2.45) is 23.7 Å². The van der Waals surface area contributed by atoms with Gasteiger partial charge in [0.1, 0.15) is 0 Å². The molecule has 0 radical (unpaired) electrons. The maximum atomic E-state index is 14.3. The molecular weight excluding hydrogens is 507 g/mol. The molecule has 5 atom stereocenters. The van der Waals surface area contributed by atoms with Gasteiger partial charge < -0.3 is 5.32 Å². The Morgan fingerprint density at radius 1 is 1.10 bits per heavy atom. The minimum Gasteiger partial charge on any atom is -0.314 e. The van der Waals surface area contributed by atoms with Crippen LogP contribution < -0.4 is 21.9 Å². The standard InChI is InChI=1S/C28H42F3N7O/c1-18-5-4-8-36(13-18)14-19-9-23(28(29,30)31)24-16-37(27(39)38(24)15-19)22-10-21(11-32-12-22)25(20-6-3-7-20)26-34-33-17-35(26)2/h9,15-16,18,20-22,25-26,32-34H,3-8,10-14,17H2,1-2H3/t18-,21?,22?,25+,26?/m0/s1. The molecule has 11 heteroatoms. The average Bonchev–Trinajstić information content (AvgIpc) is 3.43. The molecule has 8 nitrogen and oxygen atoms in total. The lowest BCUT2D eigenvalue weighted by atomic mass is 9.67. The van der Waals surface area contributed by atoms with Crippen LogP contribution in [-0.4, -0.2) is 64.8 Å². The van der Waals surface area contributed by atoms with Crippen LogP contribution in [0.2, 0.25) is 0 Å². The second kappa shape index (κ2) is 10.8. The number of nitrogens with zero attached hydrogens (tertiary/aromatic N) is 4. The molecule has 4 aliphatic rings. The molecule has 0 bridgehead atoms. The number of aromatic nitrogens is 2. The number of pyridine rings is 1. The van der Waals surface area contributed by atoms with Crippen LogP contribution in [0.4, 0.5) is 13.2 Å². The van der Waals surface area contributed by atoms with Crippen molar-refractivity contribution in [3.8, 4) is 0 Å². The Morgan fingerprint density at radius 2 is 1.92 bits per heavy atom. The van der Waals surface area contributed by atoms with Gasteiger partial charge in [-0.25, -0.2) is 15.6 Å². The van der Waals surface area contributed by atoms with Gasteiger partial charge in [-0.05, 0) is 74.7 Å². The molecular formula is C28H42F3N7O. The maximum absolute atomic E-state index is 14.3. The number of hydrogen-bond donors (Lipinski definition) is 3. The Kier molecular flexibility index (Phi) is 7.56. The molecule has 216 valence electrons. The third-order valence-corrected chi connectivity index (χ3v) is 9.71. The van der Waals surface area contributed by atoms with Crippen molar-refractivity contribution >= 4 is 5.52 Å². The fraction of sp³-hybridized carbons (Fsp3) is 0.750. The van der Waals surface area contributed by atoms with E-state index in [-0.39, 0.29) is 23.4 Å². The first-order chi connectivity index (χ1) is 18.7. The highest BCUT2D eigenvalue weighted by molar-refractivity contribution is 5.56. The first-order valence-electron chi connectivity index (χ1n) is 14.6. The smallest absolute Gasteiger partial charge is 0.314 e. The molecule has 6 rings (SSSR count). The number of imidazole rings is 1. The number of likely N-dealkylation sites (tertiary alicyclic amines) is 1. The van der Waals surface area contributed by atoms with Crippen LogP contribution in [0.15, 0.2) is 23.3 Å². The quantitative estimate of drug-likeness (QED) is 0.514. The molecule has 4 fully saturated rings. The summed E-state index contributed by atoms with van der Waals surface area (Å²) in [6, 6.07) is 1.06. The number of alkyl halides is 3. The largest absolute Gasteiger partial charge is 0.418 e. The first kappa shape index (κ1) is 27.3. The predicted octanol–water partition coefficient (Wildman–Crippen LogP) is 3.24. The fourth-order valence-electron chi connectivity index (χ4n) is 7.58. The first-order valence-corrected chi connectivity index (χ1v) is 14.6. The van der Waals surface area contributed by atoms with E-state index < -0.39 is 11.7 Å². The van der Waals surface area contributed by atoms with Gasteiger partial charge in [0.15, 0.2) is 0 Å². The number of rotatable bonds is 6. The number of piperidine rings is 2. The van der Waals surface area contributed by atoms with Gasteiger partial charge in [-0.15, -0.1) is 0 Å². The van der Waals surface area contributed by atoms with Gasteiger partial charge in [0.05, 0.1) is 30.0 Å². The Balaban J connectivity index is 1.31. The van der Waals surface area contributed by atoms with Crippen molar-refractivity contribution in [1.82, 2.24) is 34.9 Å². The van der Waals surface area contributed by atoms with Crippen molar-refractivity contribution in [3.05, 3.63) is 40.1 Å². The van der Waals surface area contributed by atoms with E-state index in [1.165, 1.54) is 35.9 Å². The van der Waals surface area contributed by atoms with Crippen molar-refractivity contribution in [2.45, 2.75) is 70.4 Å². The monoisotopic (exact) mass is 549 g/mol. The van der Waals surface area contributed by atoms with Crippen molar-refractivity contribution in [2.75, 3.05) is 39.9 Å². The third-order valence-electron chi connectivity index (χ3n) is 9.71. The molecule has 5 heterocycles. The lowest BCUT2D eigenvalue weighted by molar-refractivity contribution is -0.136. The van der Waals surface area contributed by atoms with Gasteiger partial charge in [-0.1, -0.05) is 26.2 Å². The summed E-state index contributed by atoms with van der Waals surface area (Å²) in [4.78, 5) is 18.2. The highest BCUT2D eigenvalue weighted by Gasteiger charge is 2.44. The molecule has 0 aromatic carbocycles. The van der Waals surface area contributed by atoms with Crippen LogP contribution in [0.3, 0.4) is 0 Å². The Bertz CT molecular complexity index is 1220. The topological polar surface area (TPSA) is 69.0 Å². The van der Waals surface area contributed by atoms with Gasteiger partial charge in [-0.3, -0.25) is 18.8 Å². The van der Waals surface area contributed by atoms with E-state index in [1.54, 1.807) is 10.8 Å². The van der Waals surface area contributed by atoms with E-state index in [0.717, 1.165) is 45.6 Å². The molecule has 3 saturated heterocycles. The molecule has 2 aromatic rings. The summed E-state index contributed by atoms with van der Waals surface area (Å²) >= 11 is 0. The predicted molar refractivity (Wildman–Crippen MR) is 144 cm³/mol. The van der Waals surface area contributed by atoms with Crippen LogP contribution in [0.25, 0.3) is 5.52 Å². The van der Waals surface area contributed by atoms with Crippen LogP contribution >= 0.6 is 0 Å². The number of fused-ring (bicyclic) bond motifs is 1. The second-order valence-corrected chi connectivity index (χ2v) is 12.6. The van der Waals surface area contributed by atoms with Crippen LogP contribution in [0.1, 0.15) is 62.6 Å². The molecule has 3 aliphatic heterocycles. The zero-order chi connectivity index (χ0) is 27.3.